The lowest BCUT2D eigenvalue weighted by Crippen LogP contribution is -2.27. The first-order valence-corrected chi connectivity index (χ1v) is 9.29. The van der Waals surface area contributed by atoms with Crippen molar-refractivity contribution < 1.29 is 14.9 Å². The third-order valence-corrected chi connectivity index (χ3v) is 5.22. The SMILES string of the molecule is CC(C)(O)COc1cc2nn([C@H]3CC[C@H](CO)CC3)cc2cc1Br. The highest BCUT2D eigenvalue weighted by atomic mass is 79.9. The fourth-order valence-corrected chi connectivity index (χ4v) is 3.66. The van der Waals surface area contributed by atoms with Crippen molar-refractivity contribution in [3.05, 3.63) is 22.8 Å². The first kappa shape index (κ1) is 17.7. The predicted octanol–water partition coefficient (Wildman–Crippen LogP) is 3.67. The summed E-state index contributed by atoms with van der Waals surface area (Å²) < 4.78 is 8.64. The van der Waals surface area contributed by atoms with Crippen molar-refractivity contribution >= 4 is 26.8 Å². The maximum atomic E-state index is 9.82. The molecule has 132 valence electrons. The minimum Gasteiger partial charge on any atom is -0.489 e. The van der Waals surface area contributed by atoms with Gasteiger partial charge in [-0.25, -0.2) is 0 Å². The number of halogens is 1. The van der Waals surface area contributed by atoms with Crippen LogP contribution >= 0.6 is 15.9 Å². The summed E-state index contributed by atoms with van der Waals surface area (Å²) in [6, 6.07) is 4.33. The van der Waals surface area contributed by atoms with Crippen LogP contribution in [0, 0.1) is 5.92 Å². The van der Waals surface area contributed by atoms with E-state index in [1.54, 1.807) is 13.8 Å². The number of fused-ring (bicyclic) bond motifs is 1. The van der Waals surface area contributed by atoms with Crippen molar-refractivity contribution in [3.63, 3.8) is 0 Å². The summed E-state index contributed by atoms with van der Waals surface area (Å²) in [5.74, 6) is 1.14. The minimum absolute atomic E-state index is 0.225. The smallest absolute Gasteiger partial charge is 0.135 e. The van der Waals surface area contributed by atoms with Crippen LogP contribution in [0.3, 0.4) is 0 Å². The van der Waals surface area contributed by atoms with Gasteiger partial charge in [-0.05, 0) is 67.4 Å². The number of benzene rings is 1. The Morgan fingerprint density at radius 3 is 2.62 bits per heavy atom. The Balaban J connectivity index is 1.78. The summed E-state index contributed by atoms with van der Waals surface area (Å²) in [6.45, 7) is 3.96. The number of aliphatic hydroxyl groups excluding tert-OH is 1. The van der Waals surface area contributed by atoms with E-state index in [1.807, 2.05) is 12.1 Å². The quantitative estimate of drug-likeness (QED) is 0.808. The maximum Gasteiger partial charge on any atom is 0.135 e. The molecule has 1 saturated carbocycles. The van der Waals surface area contributed by atoms with Crippen molar-refractivity contribution in [2.45, 2.75) is 51.2 Å². The molecule has 0 spiro atoms. The second-order valence-electron chi connectivity index (χ2n) is 7.41. The molecule has 0 atom stereocenters. The van der Waals surface area contributed by atoms with Crippen LogP contribution in [0.25, 0.3) is 10.9 Å². The zero-order valence-corrected chi connectivity index (χ0v) is 15.8. The van der Waals surface area contributed by atoms with Crippen molar-refractivity contribution in [3.8, 4) is 5.75 Å². The monoisotopic (exact) mass is 396 g/mol. The molecule has 2 aromatic rings. The van der Waals surface area contributed by atoms with Crippen LogP contribution < -0.4 is 4.74 Å². The van der Waals surface area contributed by atoms with E-state index in [1.165, 1.54) is 0 Å². The first-order valence-electron chi connectivity index (χ1n) is 8.50. The molecular weight excluding hydrogens is 372 g/mol. The maximum absolute atomic E-state index is 9.82. The van der Waals surface area contributed by atoms with Crippen LogP contribution in [-0.4, -0.2) is 38.8 Å². The molecule has 1 heterocycles. The normalized spacial score (nSPS) is 22.0. The molecule has 3 rings (SSSR count). The Bertz CT molecular complexity index is 700. The molecule has 0 saturated heterocycles. The average Bonchev–Trinajstić information content (AvgIpc) is 2.94. The highest BCUT2D eigenvalue weighted by Crippen LogP contribution is 2.34. The van der Waals surface area contributed by atoms with Crippen LogP contribution in [0.5, 0.6) is 5.75 Å². The predicted molar refractivity (Wildman–Crippen MR) is 97.3 cm³/mol. The van der Waals surface area contributed by atoms with E-state index >= 15 is 0 Å². The van der Waals surface area contributed by atoms with Crippen LogP contribution in [0.15, 0.2) is 22.8 Å². The third kappa shape index (κ3) is 4.10. The summed E-state index contributed by atoms with van der Waals surface area (Å²) in [7, 11) is 0. The highest BCUT2D eigenvalue weighted by molar-refractivity contribution is 9.10. The molecule has 0 bridgehead atoms. The lowest BCUT2D eigenvalue weighted by molar-refractivity contribution is 0.0282. The van der Waals surface area contributed by atoms with Crippen molar-refractivity contribution in [1.82, 2.24) is 9.78 Å². The number of ether oxygens (including phenoxy) is 1. The minimum atomic E-state index is -0.876. The van der Waals surface area contributed by atoms with E-state index in [2.05, 4.69) is 26.8 Å². The number of nitrogens with zero attached hydrogens (tertiary/aromatic N) is 2. The zero-order valence-electron chi connectivity index (χ0n) is 14.2. The van der Waals surface area contributed by atoms with E-state index in [9.17, 15) is 10.2 Å². The number of aliphatic hydroxyl groups is 2. The van der Waals surface area contributed by atoms with E-state index in [-0.39, 0.29) is 6.61 Å². The molecule has 0 radical (unpaired) electrons. The van der Waals surface area contributed by atoms with Gasteiger partial charge in [-0.3, -0.25) is 4.68 Å². The number of aromatic nitrogens is 2. The second-order valence-corrected chi connectivity index (χ2v) is 8.26. The Morgan fingerprint density at radius 1 is 1.29 bits per heavy atom. The second kappa shape index (κ2) is 7.02. The molecule has 1 aromatic heterocycles. The van der Waals surface area contributed by atoms with E-state index in [0.29, 0.717) is 24.3 Å². The summed E-state index contributed by atoms with van der Waals surface area (Å²) >= 11 is 3.54. The zero-order chi connectivity index (χ0) is 17.3. The number of hydrogen-bond acceptors (Lipinski definition) is 4. The summed E-state index contributed by atoms with van der Waals surface area (Å²) in [5, 5.41) is 24.9. The van der Waals surface area contributed by atoms with Gasteiger partial charge in [0.1, 0.15) is 12.4 Å². The Hall–Kier alpha value is -1.11. The largest absolute Gasteiger partial charge is 0.489 e. The van der Waals surface area contributed by atoms with Gasteiger partial charge in [-0.2, -0.15) is 5.10 Å². The van der Waals surface area contributed by atoms with Gasteiger partial charge < -0.3 is 14.9 Å². The molecule has 6 heteroatoms. The number of hydrogen-bond donors (Lipinski definition) is 2. The molecule has 1 aromatic carbocycles. The van der Waals surface area contributed by atoms with Gasteiger partial charge in [0, 0.05) is 24.3 Å². The summed E-state index contributed by atoms with van der Waals surface area (Å²) in [6.07, 6.45) is 6.32. The fourth-order valence-electron chi connectivity index (χ4n) is 3.19. The summed E-state index contributed by atoms with van der Waals surface area (Å²) in [5.41, 5.74) is 0.0206. The molecule has 0 aliphatic heterocycles. The molecule has 0 amide bonds. The summed E-state index contributed by atoms with van der Waals surface area (Å²) in [4.78, 5) is 0. The molecule has 0 unspecified atom stereocenters. The Kier molecular flexibility index (Phi) is 5.18. The van der Waals surface area contributed by atoms with Crippen molar-refractivity contribution in [2.24, 2.45) is 5.92 Å². The molecule has 1 aliphatic rings. The van der Waals surface area contributed by atoms with E-state index in [0.717, 1.165) is 41.1 Å². The van der Waals surface area contributed by atoms with E-state index < -0.39 is 5.60 Å². The van der Waals surface area contributed by atoms with Gasteiger partial charge in [-0.15, -0.1) is 0 Å². The third-order valence-electron chi connectivity index (χ3n) is 4.61. The van der Waals surface area contributed by atoms with Crippen LogP contribution in [0.1, 0.15) is 45.6 Å². The fraction of sp³-hybridized carbons (Fsp3) is 0.611. The van der Waals surface area contributed by atoms with Gasteiger partial charge >= 0.3 is 0 Å². The lowest BCUT2D eigenvalue weighted by Gasteiger charge is -2.27. The molecule has 5 nitrogen and oxygen atoms in total. The van der Waals surface area contributed by atoms with Gasteiger partial charge in [0.15, 0.2) is 0 Å². The molecule has 2 N–H and O–H groups in total. The lowest BCUT2D eigenvalue weighted by atomic mass is 9.87. The van der Waals surface area contributed by atoms with Crippen molar-refractivity contribution in [2.75, 3.05) is 13.2 Å². The van der Waals surface area contributed by atoms with Gasteiger partial charge in [0.2, 0.25) is 0 Å². The highest BCUT2D eigenvalue weighted by Gasteiger charge is 2.23. The average molecular weight is 397 g/mol. The number of rotatable bonds is 5. The van der Waals surface area contributed by atoms with E-state index in [4.69, 9.17) is 9.84 Å². The van der Waals surface area contributed by atoms with Crippen LogP contribution in [0.2, 0.25) is 0 Å². The van der Waals surface area contributed by atoms with Gasteiger partial charge in [-0.1, -0.05) is 0 Å². The first-order chi connectivity index (χ1) is 11.4. The van der Waals surface area contributed by atoms with Crippen LogP contribution in [0.4, 0.5) is 0 Å². The van der Waals surface area contributed by atoms with Gasteiger partial charge in [0.25, 0.3) is 0 Å². The molecule has 24 heavy (non-hydrogen) atoms. The Labute approximate surface area is 150 Å². The molecule has 1 fully saturated rings. The molecule has 1 aliphatic carbocycles. The topological polar surface area (TPSA) is 67.5 Å². The standard InChI is InChI=1S/C18H25BrN2O3/c1-18(2,23)11-24-17-8-16-13(7-15(17)19)9-21(20-16)14-5-3-12(10-22)4-6-14/h7-9,12,14,22-23H,3-6,10-11H2,1-2H3/t12-,14-. The molecular formula is C18H25BrN2O3. The Morgan fingerprint density at radius 2 is 2.00 bits per heavy atom. The van der Waals surface area contributed by atoms with Crippen molar-refractivity contribution in [1.29, 1.82) is 0 Å². The van der Waals surface area contributed by atoms with Gasteiger partial charge in [0.05, 0.1) is 21.6 Å². The van der Waals surface area contributed by atoms with Crippen LogP contribution in [-0.2, 0) is 0 Å².